The van der Waals surface area contributed by atoms with Gasteiger partial charge in [0.05, 0.1) is 17.9 Å². The average molecular weight is 543 g/mol. The molecule has 3 aliphatic carbocycles. The summed E-state index contributed by atoms with van der Waals surface area (Å²) in [6, 6.07) is 9.76. The Hall–Kier alpha value is -2.93. The number of aromatic nitrogens is 4. The van der Waals surface area contributed by atoms with Crippen LogP contribution >= 0.6 is 0 Å². The molecule has 1 saturated heterocycles. The van der Waals surface area contributed by atoms with Gasteiger partial charge in [-0.1, -0.05) is 31.2 Å². The molecule has 7 nitrogen and oxygen atoms in total. The lowest BCUT2D eigenvalue weighted by atomic mass is 9.51. The Kier molecular flexibility index (Phi) is 7.84. The van der Waals surface area contributed by atoms with Gasteiger partial charge in [-0.2, -0.15) is 0 Å². The van der Waals surface area contributed by atoms with Gasteiger partial charge in [-0.15, -0.1) is 0 Å². The van der Waals surface area contributed by atoms with Crippen LogP contribution in [-0.4, -0.2) is 50.9 Å². The summed E-state index contributed by atoms with van der Waals surface area (Å²) in [5.41, 5.74) is 5.80. The number of nitrogens with zero attached hydrogens (tertiary/aromatic N) is 3. The van der Waals surface area contributed by atoms with Crippen molar-refractivity contribution in [1.29, 1.82) is 0 Å². The zero-order chi connectivity index (χ0) is 27.6. The number of benzene rings is 1. The maximum Gasteiger partial charge on any atom is 0.219 e. The van der Waals surface area contributed by atoms with Crippen molar-refractivity contribution in [2.24, 2.45) is 0 Å². The van der Waals surface area contributed by atoms with Crippen molar-refractivity contribution in [2.75, 3.05) is 20.1 Å². The molecule has 7 heteroatoms. The van der Waals surface area contributed by atoms with Crippen LogP contribution in [0.4, 0.5) is 0 Å². The van der Waals surface area contributed by atoms with Crippen LogP contribution in [0.1, 0.15) is 113 Å². The fourth-order valence-corrected chi connectivity index (χ4v) is 7.65. The van der Waals surface area contributed by atoms with Crippen LogP contribution in [0.3, 0.4) is 0 Å². The summed E-state index contributed by atoms with van der Waals surface area (Å²) in [6.45, 7) is 3.96. The average Bonchev–Trinajstić information content (AvgIpc) is 3.76. The van der Waals surface area contributed by atoms with Crippen molar-refractivity contribution in [3.63, 3.8) is 0 Å². The molecule has 3 N–H and O–H groups in total. The summed E-state index contributed by atoms with van der Waals surface area (Å²) >= 11 is 0. The first-order valence-electron chi connectivity index (χ1n) is 15.7. The lowest BCUT2D eigenvalue weighted by Crippen LogP contribution is -2.46. The number of H-pyrrole nitrogens is 2. The molecule has 1 aromatic carbocycles. The molecule has 2 aromatic heterocycles. The molecule has 0 spiro atoms. The number of amides is 1. The Labute approximate surface area is 239 Å². The molecule has 4 aliphatic rings. The van der Waals surface area contributed by atoms with Crippen molar-refractivity contribution in [1.82, 2.24) is 30.2 Å². The second-order valence-electron chi connectivity index (χ2n) is 12.8. The number of hydrogen-bond donors (Lipinski definition) is 3. The normalized spacial score (nSPS) is 26.4. The summed E-state index contributed by atoms with van der Waals surface area (Å²) in [5, 5.41) is 2.99. The lowest BCUT2D eigenvalue weighted by molar-refractivity contribution is -0.121. The molecule has 1 atom stereocenters. The van der Waals surface area contributed by atoms with E-state index in [1.54, 1.807) is 0 Å². The third kappa shape index (κ3) is 5.37. The predicted molar refractivity (Wildman–Crippen MR) is 159 cm³/mol. The number of aromatic amines is 2. The summed E-state index contributed by atoms with van der Waals surface area (Å²) in [7, 11) is 2.23. The van der Waals surface area contributed by atoms with E-state index in [2.05, 4.69) is 62.7 Å². The van der Waals surface area contributed by atoms with Gasteiger partial charge >= 0.3 is 0 Å². The smallest absolute Gasteiger partial charge is 0.219 e. The summed E-state index contributed by atoms with van der Waals surface area (Å²) in [4.78, 5) is 30.8. The number of likely N-dealkylation sites (tertiary alicyclic amines) is 1. The zero-order valence-electron chi connectivity index (χ0n) is 24.4. The van der Waals surface area contributed by atoms with Crippen LogP contribution < -0.4 is 5.32 Å². The van der Waals surface area contributed by atoms with Crippen LogP contribution in [0.25, 0.3) is 11.3 Å². The molecular formula is C33H46N6O. The van der Waals surface area contributed by atoms with E-state index in [1.807, 2.05) is 13.1 Å². The van der Waals surface area contributed by atoms with Crippen molar-refractivity contribution in [2.45, 2.75) is 107 Å². The van der Waals surface area contributed by atoms with Crippen molar-refractivity contribution in [3.05, 3.63) is 59.6 Å². The van der Waals surface area contributed by atoms with E-state index < -0.39 is 0 Å². The predicted octanol–water partition coefficient (Wildman–Crippen LogP) is 6.35. The molecule has 3 heterocycles. The standard InChI is InChI=1S/C33H46N6O/c1-3-7-30(40)34-20-5-4-9-29-35-22-26(37-29)24-10-12-25(13-11-24)32-14-17-33(18-15-32,19-16-32)28-23-36-31(38-28)27-8-6-21-39(27)2/h10-13,22-23,27H,3-9,14-21H2,1-2H3,(H,34,40)(H,35,37)(H,36,38). The molecule has 3 saturated carbocycles. The molecule has 40 heavy (non-hydrogen) atoms. The molecule has 2 bridgehead atoms. The fourth-order valence-electron chi connectivity index (χ4n) is 7.65. The highest BCUT2D eigenvalue weighted by molar-refractivity contribution is 5.75. The first-order chi connectivity index (χ1) is 19.5. The Bertz CT molecular complexity index is 1270. The lowest BCUT2D eigenvalue weighted by Gasteiger charge is -2.53. The van der Waals surface area contributed by atoms with Gasteiger partial charge < -0.3 is 15.3 Å². The molecule has 3 aromatic rings. The zero-order valence-corrected chi connectivity index (χ0v) is 24.4. The monoisotopic (exact) mass is 542 g/mol. The van der Waals surface area contributed by atoms with Gasteiger partial charge in [-0.3, -0.25) is 9.69 Å². The van der Waals surface area contributed by atoms with Gasteiger partial charge in [0, 0.05) is 36.7 Å². The third-order valence-corrected chi connectivity index (χ3v) is 10.3. The second kappa shape index (κ2) is 11.5. The number of carbonyl (C=O) groups excluding carboxylic acids is 1. The highest BCUT2D eigenvalue weighted by Gasteiger charge is 2.50. The molecule has 214 valence electrons. The molecule has 1 aliphatic heterocycles. The number of aryl methyl sites for hydroxylation is 1. The third-order valence-electron chi connectivity index (χ3n) is 10.3. The van der Waals surface area contributed by atoms with Crippen LogP contribution in [0.15, 0.2) is 36.7 Å². The maximum atomic E-state index is 11.6. The van der Waals surface area contributed by atoms with Gasteiger partial charge in [-0.05, 0) is 101 Å². The summed E-state index contributed by atoms with van der Waals surface area (Å²) < 4.78 is 0. The molecule has 4 fully saturated rings. The van der Waals surface area contributed by atoms with Crippen molar-refractivity contribution < 1.29 is 4.79 Å². The van der Waals surface area contributed by atoms with Gasteiger partial charge in [0.2, 0.25) is 5.91 Å². The van der Waals surface area contributed by atoms with Gasteiger partial charge in [0.15, 0.2) is 0 Å². The number of unbranched alkanes of at least 4 members (excludes halogenated alkanes) is 1. The molecule has 0 radical (unpaired) electrons. The van der Waals surface area contributed by atoms with E-state index in [9.17, 15) is 4.79 Å². The van der Waals surface area contributed by atoms with Crippen molar-refractivity contribution in [3.8, 4) is 11.3 Å². The SMILES string of the molecule is CCCC(=O)NCCCCc1ncc(-c2ccc(C34CCC(c5cnc(C6CCCN6C)[nH]5)(CC3)CC4)cc2)[nH]1. The van der Waals surface area contributed by atoms with Gasteiger partial charge in [0.1, 0.15) is 11.6 Å². The Morgan fingerprint density at radius 2 is 1.75 bits per heavy atom. The first kappa shape index (κ1) is 27.3. The number of carbonyl (C=O) groups is 1. The number of fused-ring (bicyclic) bond motifs is 3. The minimum Gasteiger partial charge on any atom is -0.356 e. The van der Waals surface area contributed by atoms with Crippen molar-refractivity contribution >= 4 is 5.91 Å². The van der Waals surface area contributed by atoms with E-state index in [0.29, 0.717) is 17.9 Å². The van der Waals surface area contributed by atoms with E-state index in [1.165, 1.54) is 80.6 Å². The van der Waals surface area contributed by atoms with Gasteiger partial charge in [-0.25, -0.2) is 9.97 Å². The summed E-state index contributed by atoms with van der Waals surface area (Å²) in [5.74, 6) is 2.36. The van der Waals surface area contributed by atoms with Crippen LogP contribution in [0, 0.1) is 0 Å². The number of hydrogen-bond acceptors (Lipinski definition) is 4. The summed E-state index contributed by atoms with van der Waals surface area (Å²) in [6.07, 6.45) is 18.6. The fraction of sp³-hybridized carbons (Fsp3) is 0.606. The quantitative estimate of drug-likeness (QED) is 0.246. The number of nitrogens with one attached hydrogen (secondary N) is 3. The topological polar surface area (TPSA) is 89.7 Å². The van der Waals surface area contributed by atoms with E-state index in [-0.39, 0.29) is 11.3 Å². The molecular weight excluding hydrogens is 496 g/mol. The van der Waals surface area contributed by atoms with Gasteiger partial charge in [0.25, 0.3) is 0 Å². The number of imidazole rings is 2. The van der Waals surface area contributed by atoms with E-state index >= 15 is 0 Å². The molecule has 7 rings (SSSR count). The Morgan fingerprint density at radius 3 is 2.45 bits per heavy atom. The largest absolute Gasteiger partial charge is 0.356 e. The maximum absolute atomic E-state index is 11.6. The van der Waals surface area contributed by atoms with Crippen LogP contribution in [0.2, 0.25) is 0 Å². The van der Waals surface area contributed by atoms with Crippen LogP contribution in [-0.2, 0) is 22.0 Å². The highest BCUT2D eigenvalue weighted by Crippen LogP contribution is 2.58. The minimum atomic E-state index is 0.158. The van der Waals surface area contributed by atoms with Crippen LogP contribution in [0.5, 0.6) is 0 Å². The Balaban J connectivity index is 1.03. The molecule has 1 amide bonds. The van der Waals surface area contributed by atoms with E-state index in [0.717, 1.165) is 43.7 Å². The Morgan fingerprint density at radius 1 is 1.00 bits per heavy atom. The van der Waals surface area contributed by atoms with E-state index in [4.69, 9.17) is 4.98 Å². The highest BCUT2D eigenvalue weighted by atomic mass is 16.1. The first-order valence-corrected chi connectivity index (χ1v) is 15.7. The number of rotatable bonds is 11. The second-order valence-corrected chi connectivity index (χ2v) is 12.8. The minimum absolute atomic E-state index is 0.158. The molecule has 1 unspecified atom stereocenters.